The SMILES string of the molecule is CC(C)CCOc1ccc(C(=O)NC(=S)NNC(=O)c2ccc(NC(=O)C(C)C)cc2)cc1. The number of ether oxygens (including phenoxy) is 1. The molecule has 3 amide bonds. The van der Waals surface area contributed by atoms with Crippen LogP contribution in [0.5, 0.6) is 5.75 Å². The molecule has 9 heteroatoms. The Hall–Kier alpha value is -3.46. The number of carbonyl (C=O) groups is 3. The van der Waals surface area contributed by atoms with Gasteiger partial charge in [0, 0.05) is 22.7 Å². The summed E-state index contributed by atoms with van der Waals surface area (Å²) in [5.74, 6) is 0.130. The minimum Gasteiger partial charge on any atom is -0.494 e. The minimum atomic E-state index is -0.448. The molecule has 0 aliphatic rings. The molecule has 0 aliphatic heterocycles. The molecule has 0 aliphatic carbocycles. The lowest BCUT2D eigenvalue weighted by Crippen LogP contribution is -2.48. The smallest absolute Gasteiger partial charge is 0.269 e. The summed E-state index contributed by atoms with van der Waals surface area (Å²) in [6.07, 6.45) is 0.951. The molecule has 0 fully saturated rings. The highest BCUT2D eigenvalue weighted by molar-refractivity contribution is 7.80. The maximum absolute atomic E-state index is 12.3. The highest BCUT2D eigenvalue weighted by Crippen LogP contribution is 2.14. The molecule has 0 saturated heterocycles. The number of hydrazine groups is 1. The van der Waals surface area contributed by atoms with Gasteiger partial charge in [0.1, 0.15) is 5.75 Å². The van der Waals surface area contributed by atoms with Crippen molar-refractivity contribution in [2.45, 2.75) is 34.1 Å². The highest BCUT2D eigenvalue weighted by Gasteiger charge is 2.11. The third-order valence-corrected chi connectivity index (χ3v) is 4.74. The molecular weight excluding hydrogens is 440 g/mol. The zero-order valence-electron chi connectivity index (χ0n) is 19.2. The van der Waals surface area contributed by atoms with E-state index < -0.39 is 11.8 Å². The third kappa shape index (κ3) is 8.89. The number of thiocarbonyl (C=S) groups is 1. The van der Waals surface area contributed by atoms with Crippen LogP contribution >= 0.6 is 12.2 Å². The van der Waals surface area contributed by atoms with Crippen molar-refractivity contribution >= 4 is 40.7 Å². The molecule has 0 heterocycles. The Kier molecular flexibility index (Phi) is 9.81. The Labute approximate surface area is 199 Å². The lowest BCUT2D eigenvalue weighted by Gasteiger charge is -2.12. The van der Waals surface area contributed by atoms with Gasteiger partial charge in [-0.05, 0) is 73.1 Å². The van der Waals surface area contributed by atoms with E-state index in [4.69, 9.17) is 17.0 Å². The molecule has 2 aromatic carbocycles. The lowest BCUT2D eigenvalue weighted by molar-refractivity contribution is -0.118. The Bertz CT molecular complexity index is 973. The van der Waals surface area contributed by atoms with Crippen molar-refractivity contribution in [2.24, 2.45) is 11.8 Å². The van der Waals surface area contributed by atoms with Gasteiger partial charge in [0.25, 0.3) is 11.8 Å². The summed E-state index contributed by atoms with van der Waals surface area (Å²) in [5.41, 5.74) is 6.27. The molecule has 0 unspecified atom stereocenters. The fourth-order valence-corrected chi connectivity index (χ4v) is 2.64. The molecule has 4 N–H and O–H groups in total. The van der Waals surface area contributed by atoms with Crippen LogP contribution in [0, 0.1) is 11.8 Å². The molecule has 0 radical (unpaired) electrons. The number of hydrogen-bond donors (Lipinski definition) is 4. The van der Waals surface area contributed by atoms with Crippen LogP contribution in [0.3, 0.4) is 0 Å². The van der Waals surface area contributed by atoms with Crippen LogP contribution in [0.1, 0.15) is 54.8 Å². The standard InChI is InChI=1S/C24H30N4O4S/c1-15(2)13-14-32-20-11-7-17(8-12-20)22(30)26-24(33)28-27-23(31)18-5-9-19(10-6-18)25-21(29)16(3)4/h5-12,15-16H,13-14H2,1-4H3,(H,25,29)(H,27,31)(H2,26,28,30,33). The zero-order valence-corrected chi connectivity index (χ0v) is 20.0. The van der Waals surface area contributed by atoms with Gasteiger partial charge in [-0.25, -0.2) is 0 Å². The van der Waals surface area contributed by atoms with Crippen LogP contribution in [0.2, 0.25) is 0 Å². The molecule has 2 aromatic rings. The van der Waals surface area contributed by atoms with Crippen LogP contribution in [-0.4, -0.2) is 29.4 Å². The quantitative estimate of drug-likeness (QED) is 0.346. The van der Waals surface area contributed by atoms with E-state index in [2.05, 4.69) is 35.3 Å². The van der Waals surface area contributed by atoms with Crippen molar-refractivity contribution in [1.82, 2.24) is 16.2 Å². The van der Waals surface area contributed by atoms with Gasteiger partial charge in [0.15, 0.2) is 5.11 Å². The van der Waals surface area contributed by atoms with Crippen molar-refractivity contribution in [1.29, 1.82) is 0 Å². The van der Waals surface area contributed by atoms with Crippen molar-refractivity contribution < 1.29 is 19.1 Å². The van der Waals surface area contributed by atoms with Gasteiger partial charge < -0.3 is 10.1 Å². The third-order valence-electron chi connectivity index (χ3n) is 4.54. The molecule has 2 rings (SSSR count). The number of nitrogens with one attached hydrogen (secondary N) is 4. The fraction of sp³-hybridized carbons (Fsp3) is 0.333. The second-order valence-electron chi connectivity index (χ2n) is 8.14. The van der Waals surface area contributed by atoms with Gasteiger partial charge in [-0.2, -0.15) is 0 Å². The van der Waals surface area contributed by atoms with Crippen LogP contribution in [0.15, 0.2) is 48.5 Å². The summed E-state index contributed by atoms with van der Waals surface area (Å²) >= 11 is 5.07. The first kappa shape index (κ1) is 25.8. The average Bonchev–Trinajstić information content (AvgIpc) is 2.78. The Morgan fingerprint density at radius 2 is 1.42 bits per heavy atom. The van der Waals surface area contributed by atoms with Gasteiger partial charge in [-0.3, -0.25) is 30.6 Å². The monoisotopic (exact) mass is 470 g/mol. The van der Waals surface area contributed by atoms with Gasteiger partial charge in [-0.1, -0.05) is 27.7 Å². The lowest BCUT2D eigenvalue weighted by atomic mass is 10.1. The second kappa shape index (κ2) is 12.5. The number of carbonyl (C=O) groups excluding carboxylic acids is 3. The highest BCUT2D eigenvalue weighted by atomic mass is 32.1. The predicted octanol–water partition coefficient (Wildman–Crippen LogP) is 3.66. The van der Waals surface area contributed by atoms with Gasteiger partial charge >= 0.3 is 0 Å². The molecule has 0 bridgehead atoms. The fourth-order valence-electron chi connectivity index (χ4n) is 2.50. The van der Waals surface area contributed by atoms with Crippen LogP contribution in [0.4, 0.5) is 5.69 Å². The van der Waals surface area contributed by atoms with E-state index >= 15 is 0 Å². The van der Waals surface area contributed by atoms with E-state index in [1.165, 1.54) is 0 Å². The normalized spacial score (nSPS) is 10.5. The molecule has 176 valence electrons. The van der Waals surface area contributed by atoms with Gasteiger partial charge in [0.2, 0.25) is 5.91 Å². The largest absolute Gasteiger partial charge is 0.494 e. The van der Waals surface area contributed by atoms with Crippen molar-refractivity contribution in [3.8, 4) is 5.75 Å². The molecule has 0 atom stereocenters. The zero-order chi connectivity index (χ0) is 24.4. The average molecular weight is 471 g/mol. The maximum atomic E-state index is 12.3. The van der Waals surface area contributed by atoms with E-state index in [0.717, 1.165) is 6.42 Å². The summed E-state index contributed by atoms with van der Waals surface area (Å²) in [7, 11) is 0. The van der Waals surface area contributed by atoms with Gasteiger partial charge in [0.05, 0.1) is 6.61 Å². The van der Waals surface area contributed by atoms with E-state index in [-0.39, 0.29) is 16.9 Å². The Balaban J connectivity index is 1.79. The molecule has 33 heavy (non-hydrogen) atoms. The summed E-state index contributed by atoms with van der Waals surface area (Å²) in [6, 6.07) is 13.1. The summed E-state index contributed by atoms with van der Waals surface area (Å²) in [6.45, 7) is 8.46. The first-order valence-electron chi connectivity index (χ1n) is 10.7. The molecule has 8 nitrogen and oxygen atoms in total. The Morgan fingerprint density at radius 1 is 0.848 bits per heavy atom. The van der Waals surface area contributed by atoms with Gasteiger partial charge in [-0.15, -0.1) is 0 Å². The van der Waals surface area contributed by atoms with E-state index in [1.807, 2.05) is 0 Å². The summed E-state index contributed by atoms with van der Waals surface area (Å²) < 4.78 is 5.64. The van der Waals surface area contributed by atoms with Crippen molar-refractivity contribution in [2.75, 3.05) is 11.9 Å². The van der Waals surface area contributed by atoms with E-state index in [0.29, 0.717) is 35.1 Å². The number of benzene rings is 2. The topological polar surface area (TPSA) is 109 Å². The van der Waals surface area contributed by atoms with Crippen LogP contribution in [0.25, 0.3) is 0 Å². The van der Waals surface area contributed by atoms with Crippen molar-refractivity contribution in [3.63, 3.8) is 0 Å². The predicted molar refractivity (Wildman–Crippen MR) is 132 cm³/mol. The summed E-state index contributed by atoms with van der Waals surface area (Å²) in [5, 5.41) is 5.20. The van der Waals surface area contributed by atoms with E-state index in [9.17, 15) is 14.4 Å². The number of hydrogen-bond acceptors (Lipinski definition) is 5. The number of rotatable bonds is 8. The summed E-state index contributed by atoms with van der Waals surface area (Å²) in [4.78, 5) is 36.3. The molecule has 0 aromatic heterocycles. The van der Waals surface area contributed by atoms with Crippen molar-refractivity contribution in [3.05, 3.63) is 59.7 Å². The first-order valence-corrected chi connectivity index (χ1v) is 11.1. The Morgan fingerprint density at radius 3 is 2.00 bits per heavy atom. The molecule has 0 spiro atoms. The molecular formula is C24H30N4O4S. The number of anilines is 1. The first-order chi connectivity index (χ1) is 15.7. The number of amides is 3. The van der Waals surface area contributed by atoms with E-state index in [1.54, 1.807) is 62.4 Å². The second-order valence-corrected chi connectivity index (χ2v) is 8.55. The maximum Gasteiger partial charge on any atom is 0.269 e. The molecule has 0 saturated carbocycles. The van der Waals surface area contributed by atoms with Crippen LogP contribution in [-0.2, 0) is 4.79 Å². The van der Waals surface area contributed by atoms with Crippen LogP contribution < -0.4 is 26.2 Å². The minimum absolute atomic E-state index is 0.0496.